The van der Waals surface area contributed by atoms with Crippen molar-refractivity contribution >= 4 is 5.91 Å². The van der Waals surface area contributed by atoms with Crippen LogP contribution in [0, 0.1) is 0 Å². The van der Waals surface area contributed by atoms with Gasteiger partial charge < -0.3 is 5.73 Å². The summed E-state index contributed by atoms with van der Waals surface area (Å²) >= 11 is 0. The van der Waals surface area contributed by atoms with Gasteiger partial charge in [-0.15, -0.1) is 0 Å². The van der Waals surface area contributed by atoms with E-state index in [2.05, 4.69) is 12.0 Å². The molecule has 0 aromatic carbocycles. The van der Waals surface area contributed by atoms with Gasteiger partial charge in [-0.1, -0.05) is 13.3 Å². The van der Waals surface area contributed by atoms with Crippen molar-refractivity contribution in [1.29, 1.82) is 0 Å². The summed E-state index contributed by atoms with van der Waals surface area (Å²) in [5.41, 5.74) is 5.54. The second kappa shape index (κ2) is 3.90. The minimum Gasteiger partial charge on any atom is -0.366 e. The molecule has 2 N–H and O–H groups in total. The number of aryl methyl sites for hydroxylation is 1. The number of hydrogen-bond donors (Lipinski definition) is 1. The Labute approximate surface area is 71.4 Å². The van der Waals surface area contributed by atoms with Crippen molar-refractivity contribution in [1.82, 2.24) is 9.78 Å². The molecular weight excluding hydrogens is 154 g/mol. The van der Waals surface area contributed by atoms with Crippen molar-refractivity contribution in [2.24, 2.45) is 5.73 Å². The van der Waals surface area contributed by atoms with Crippen molar-refractivity contribution in [3.8, 4) is 0 Å². The highest BCUT2D eigenvalue weighted by molar-refractivity contribution is 5.92. The number of aromatic nitrogens is 2. The van der Waals surface area contributed by atoms with Gasteiger partial charge in [0.1, 0.15) is 0 Å². The molecular formula is C8H13N3O. The first-order chi connectivity index (χ1) is 5.74. The molecule has 1 aromatic rings. The average molecular weight is 167 g/mol. The van der Waals surface area contributed by atoms with Crippen LogP contribution in [-0.4, -0.2) is 15.7 Å². The molecule has 4 heteroatoms. The minimum absolute atomic E-state index is 0.419. The molecule has 0 bridgehead atoms. The Hall–Kier alpha value is -1.32. The Morgan fingerprint density at radius 2 is 2.50 bits per heavy atom. The lowest BCUT2D eigenvalue weighted by molar-refractivity contribution is 0.1000. The predicted octanol–water partition coefficient (Wildman–Crippen LogP) is 0.782. The summed E-state index contributed by atoms with van der Waals surface area (Å²) in [7, 11) is 0. The fraction of sp³-hybridized carbons (Fsp3) is 0.500. The van der Waals surface area contributed by atoms with E-state index in [1.807, 2.05) is 0 Å². The Kier molecular flexibility index (Phi) is 2.85. The molecule has 66 valence electrons. The average Bonchev–Trinajstić information content (AvgIpc) is 2.48. The van der Waals surface area contributed by atoms with Gasteiger partial charge in [-0.25, -0.2) is 0 Å². The van der Waals surface area contributed by atoms with Crippen LogP contribution in [0.3, 0.4) is 0 Å². The Morgan fingerprint density at radius 3 is 3.00 bits per heavy atom. The maximum absolute atomic E-state index is 10.7. The summed E-state index contributed by atoms with van der Waals surface area (Å²) in [6, 6.07) is 0. The summed E-state index contributed by atoms with van der Waals surface area (Å²) in [4.78, 5) is 10.7. The number of unbranched alkanes of at least 4 members (excludes halogenated alkanes) is 1. The number of amides is 1. The number of nitrogens with zero attached hydrogens (tertiary/aromatic N) is 2. The molecule has 0 fully saturated rings. The van der Waals surface area contributed by atoms with E-state index in [4.69, 9.17) is 5.73 Å². The molecule has 0 aliphatic carbocycles. The number of nitrogens with two attached hydrogens (primary N) is 1. The van der Waals surface area contributed by atoms with Gasteiger partial charge in [-0.2, -0.15) is 5.10 Å². The third-order valence-corrected chi connectivity index (χ3v) is 1.66. The second-order valence-electron chi connectivity index (χ2n) is 2.71. The monoisotopic (exact) mass is 167 g/mol. The first-order valence-electron chi connectivity index (χ1n) is 4.06. The molecule has 1 aromatic heterocycles. The molecule has 0 aliphatic heterocycles. The van der Waals surface area contributed by atoms with Gasteiger partial charge in [0.25, 0.3) is 5.91 Å². The first-order valence-corrected chi connectivity index (χ1v) is 4.06. The van der Waals surface area contributed by atoms with Crippen molar-refractivity contribution in [2.45, 2.75) is 26.3 Å². The van der Waals surface area contributed by atoms with Crippen LogP contribution >= 0.6 is 0 Å². The Bertz CT molecular complexity index is 267. The maximum Gasteiger partial charge on any atom is 0.251 e. The highest BCUT2D eigenvalue weighted by atomic mass is 16.1. The number of primary amides is 1. The lowest BCUT2D eigenvalue weighted by Gasteiger charge is -1.96. The molecule has 0 saturated heterocycles. The quantitative estimate of drug-likeness (QED) is 0.720. The van der Waals surface area contributed by atoms with Gasteiger partial charge >= 0.3 is 0 Å². The highest BCUT2D eigenvalue weighted by Gasteiger charge is 2.02. The molecule has 0 aliphatic rings. The molecule has 1 rings (SSSR count). The van der Waals surface area contributed by atoms with Crippen molar-refractivity contribution in [2.75, 3.05) is 0 Å². The van der Waals surface area contributed by atoms with E-state index < -0.39 is 5.91 Å². The predicted molar refractivity (Wildman–Crippen MR) is 45.7 cm³/mol. The lowest BCUT2D eigenvalue weighted by atomic mass is 10.3. The van der Waals surface area contributed by atoms with Crippen molar-refractivity contribution in [3.63, 3.8) is 0 Å². The van der Waals surface area contributed by atoms with E-state index in [0.29, 0.717) is 5.56 Å². The number of carbonyl (C=O) groups excluding carboxylic acids is 1. The van der Waals surface area contributed by atoms with E-state index in [0.717, 1.165) is 19.4 Å². The molecule has 1 heterocycles. The number of hydrogen-bond acceptors (Lipinski definition) is 2. The largest absolute Gasteiger partial charge is 0.366 e. The molecule has 12 heavy (non-hydrogen) atoms. The third-order valence-electron chi connectivity index (χ3n) is 1.66. The van der Waals surface area contributed by atoms with Gasteiger partial charge in [0, 0.05) is 12.7 Å². The van der Waals surface area contributed by atoms with Gasteiger partial charge in [0.15, 0.2) is 0 Å². The van der Waals surface area contributed by atoms with E-state index in [1.165, 1.54) is 6.20 Å². The fourth-order valence-corrected chi connectivity index (χ4v) is 0.933. The fourth-order valence-electron chi connectivity index (χ4n) is 0.933. The van der Waals surface area contributed by atoms with Crippen molar-refractivity contribution < 1.29 is 4.79 Å². The normalized spacial score (nSPS) is 10.1. The first kappa shape index (κ1) is 8.77. The molecule has 0 atom stereocenters. The van der Waals surface area contributed by atoms with Crippen LogP contribution in [0.2, 0.25) is 0 Å². The summed E-state index contributed by atoms with van der Waals surface area (Å²) in [5, 5.41) is 3.99. The molecule has 0 radical (unpaired) electrons. The van der Waals surface area contributed by atoms with Crippen LogP contribution in [0.15, 0.2) is 12.4 Å². The van der Waals surface area contributed by atoms with Crippen LogP contribution in [0.4, 0.5) is 0 Å². The summed E-state index contributed by atoms with van der Waals surface area (Å²) in [6.07, 6.45) is 5.36. The smallest absolute Gasteiger partial charge is 0.251 e. The van der Waals surface area contributed by atoms with Gasteiger partial charge in [-0.05, 0) is 6.42 Å². The third kappa shape index (κ3) is 2.08. The maximum atomic E-state index is 10.7. The van der Waals surface area contributed by atoms with Gasteiger partial charge in [0.05, 0.1) is 11.8 Å². The molecule has 4 nitrogen and oxygen atoms in total. The molecule has 0 spiro atoms. The molecule has 1 amide bonds. The Balaban J connectivity index is 2.58. The van der Waals surface area contributed by atoms with Gasteiger partial charge in [0.2, 0.25) is 0 Å². The highest BCUT2D eigenvalue weighted by Crippen LogP contribution is 1.98. The summed E-state index contributed by atoms with van der Waals surface area (Å²) in [5.74, 6) is -0.419. The van der Waals surface area contributed by atoms with Crippen LogP contribution in [0.5, 0.6) is 0 Å². The SMILES string of the molecule is CCCCn1cc(C(N)=O)cn1. The van der Waals surface area contributed by atoms with E-state index in [-0.39, 0.29) is 0 Å². The van der Waals surface area contributed by atoms with E-state index >= 15 is 0 Å². The summed E-state index contributed by atoms with van der Waals surface area (Å²) in [6.45, 7) is 2.96. The lowest BCUT2D eigenvalue weighted by Crippen LogP contribution is -2.09. The van der Waals surface area contributed by atoms with Crippen molar-refractivity contribution in [3.05, 3.63) is 18.0 Å². The van der Waals surface area contributed by atoms with Crippen LogP contribution in [0.1, 0.15) is 30.1 Å². The summed E-state index contributed by atoms with van der Waals surface area (Å²) < 4.78 is 1.74. The van der Waals surface area contributed by atoms with Crippen LogP contribution in [0.25, 0.3) is 0 Å². The molecule has 0 unspecified atom stereocenters. The van der Waals surface area contributed by atoms with Crippen LogP contribution in [-0.2, 0) is 6.54 Å². The molecule has 0 saturated carbocycles. The van der Waals surface area contributed by atoms with E-state index in [9.17, 15) is 4.79 Å². The zero-order valence-electron chi connectivity index (χ0n) is 7.16. The Morgan fingerprint density at radius 1 is 1.75 bits per heavy atom. The number of carbonyl (C=O) groups is 1. The van der Waals surface area contributed by atoms with Gasteiger partial charge in [-0.3, -0.25) is 9.48 Å². The van der Waals surface area contributed by atoms with E-state index in [1.54, 1.807) is 10.9 Å². The zero-order valence-corrected chi connectivity index (χ0v) is 7.16. The second-order valence-corrected chi connectivity index (χ2v) is 2.71. The number of rotatable bonds is 4. The zero-order chi connectivity index (χ0) is 8.97. The minimum atomic E-state index is -0.419. The standard InChI is InChI=1S/C8H13N3O/c1-2-3-4-11-6-7(5-10-11)8(9)12/h5-6H,2-4H2,1H3,(H2,9,12). The topological polar surface area (TPSA) is 60.9 Å². The van der Waals surface area contributed by atoms with Crippen LogP contribution < -0.4 is 5.73 Å².